The highest BCUT2D eigenvalue weighted by molar-refractivity contribution is 5.93. The summed E-state index contributed by atoms with van der Waals surface area (Å²) in [6.07, 6.45) is 1.56. The van der Waals surface area contributed by atoms with Gasteiger partial charge in [0.1, 0.15) is 12.2 Å². The van der Waals surface area contributed by atoms with Crippen molar-refractivity contribution in [2.75, 3.05) is 25.1 Å². The van der Waals surface area contributed by atoms with E-state index in [1.54, 1.807) is 18.3 Å². The first-order valence-electron chi connectivity index (χ1n) is 6.57. The van der Waals surface area contributed by atoms with Crippen LogP contribution < -0.4 is 10.2 Å². The summed E-state index contributed by atoms with van der Waals surface area (Å²) < 4.78 is 4.69. The quantitative estimate of drug-likeness (QED) is 0.793. The number of amides is 1. The van der Waals surface area contributed by atoms with Crippen LogP contribution in [0.4, 0.5) is 5.69 Å². The molecule has 0 aliphatic carbocycles. The second-order valence-corrected chi connectivity index (χ2v) is 4.56. The second-order valence-electron chi connectivity index (χ2n) is 4.56. The van der Waals surface area contributed by atoms with Gasteiger partial charge in [0.25, 0.3) is 5.91 Å². The van der Waals surface area contributed by atoms with Crippen LogP contribution in [-0.2, 0) is 9.53 Å². The number of aromatic nitrogens is 1. The molecule has 0 saturated heterocycles. The summed E-state index contributed by atoms with van der Waals surface area (Å²) in [4.78, 5) is 29.1. The van der Waals surface area contributed by atoms with Gasteiger partial charge in [-0.2, -0.15) is 0 Å². The molecule has 1 amide bonds. The Balaban J connectivity index is 2.99. The number of anilines is 1. The first-order valence-corrected chi connectivity index (χ1v) is 6.57. The van der Waals surface area contributed by atoms with Crippen molar-refractivity contribution in [2.24, 2.45) is 0 Å². The number of pyridine rings is 1. The zero-order valence-electron chi connectivity index (χ0n) is 12.3. The van der Waals surface area contributed by atoms with Crippen LogP contribution in [0.25, 0.3) is 0 Å². The number of esters is 1. The van der Waals surface area contributed by atoms with Gasteiger partial charge >= 0.3 is 5.97 Å². The summed E-state index contributed by atoms with van der Waals surface area (Å²) in [6, 6.07) is 3.54. The molecule has 0 aromatic carbocycles. The number of carbonyl (C=O) groups is 2. The third kappa shape index (κ3) is 4.22. The van der Waals surface area contributed by atoms with Gasteiger partial charge < -0.3 is 15.0 Å². The Labute approximate surface area is 119 Å². The van der Waals surface area contributed by atoms with Crippen molar-refractivity contribution < 1.29 is 14.3 Å². The Morgan fingerprint density at radius 2 is 2.15 bits per heavy atom. The van der Waals surface area contributed by atoms with Crippen molar-refractivity contribution in [1.82, 2.24) is 10.3 Å². The van der Waals surface area contributed by atoms with E-state index in [-0.39, 0.29) is 24.5 Å². The van der Waals surface area contributed by atoms with E-state index in [1.807, 2.05) is 25.7 Å². The normalized spacial score (nSPS) is 10.2. The van der Waals surface area contributed by atoms with Gasteiger partial charge in [-0.3, -0.25) is 14.6 Å². The lowest BCUT2D eigenvalue weighted by molar-refractivity contribution is -0.139. The molecule has 1 N–H and O–H groups in total. The van der Waals surface area contributed by atoms with E-state index in [4.69, 9.17) is 4.74 Å². The average Bonchev–Trinajstić information content (AvgIpc) is 2.44. The van der Waals surface area contributed by atoms with Gasteiger partial charge in [0, 0.05) is 24.5 Å². The van der Waals surface area contributed by atoms with Crippen LogP contribution in [0.1, 0.15) is 31.3 Å². The fourth-order valence-corrected chi connectivity index (χ4v) is 1.75. The molecule has 0 saturated carbocycles. The second kappa shape index (κ2) is 7.47. The molecule has 110 valence electrons. The van der Waals surface area contributed by atoms with Crippen LogP contribution in [0.15, 0.2) is 18.3 Å². The van der Waals surface area contributed by atoms with Gasteiger partial charge in [-0.25, -0.2) is 0 Å². The first kappa shape index (κ1) is 15.9. The van der Waals surface area contributed by atoms with Gasteiger partial charge in [-0.15, -0.1) is 0 Å². The Hall–Kier alpha value is -2.11. The summed E-state index contributed by atoms with van der Waals surface area (Å²) >= 11 is 0. The van der Waals surface area contributed by atoms with E-state index < -0.39 is 0 Å². The van der Waals surface area contributed by atoms with Crippen LogP contribution in [0, 0.1) is 0 Å². The number of hydrogen-bond donors (Lipinski definition) is 1. The number of hydrogen-bond acceptors (Lipinski definition) is 5. The minimum Gasteiger partial charge on any atom is -0.468 e. The summed E-state index contributed by atoms with van der Waals surface area (Å²) in [5.74, 6) is -0.550. The minimum atomic E-state index is -0.324. The predicted octanol–water partition coefficient (Wildman–Crippen LogP) is 1.22. The van der Waals surface area contributed by atoms with Crippen molar-refractivity contribution >= 4 is 17.6 Å². The van der Waals surface area contributed by atoms with E-state index in [1.165, 1.54) is 7.11 Å². The van der Waals surface area contributed by atoms with Crippen molar-refractivity contribution in [1.29, 1.82) is 0 Å². The maximum absolute atomic E-state index is 11.8. The molecule has 0 spiro atoms. The van der Waals surface area contributed by atoms with Crippen molar-refractivity contribution in [2.45, 2.75) is 26.8 Å². The monoisotopic (exact) mass is 279 g/mol. The molecule has 0 bridgehead atoms. The molecular weight excluding hydrogens is 258 g/mol. The number of nitrogens with zero attached hydrogens (tertiary/aromatic N) is 2. The molecule has 1 aromatic rings. The maximum Gasteiger partial charge on any atom is 0.325 e. The molecule has 1 heterocycles. The fraction of sp³-hybridized carbons (Fsp3) is 0.500. The molecular formula is C14H21N3O3. The highest BCUT2D eigenvalue weighted by Crippen LogP contribution is 2.17. The third-order valence-electron chi connectivity index (χ3n) is 2.80. The number of ether oxygens (including phenoxy) is 1. The molecule has 0 unspecified atom stereocenters. The highest BCUT2D eigenvalue weighted by atomic mass is 16.5. The van der Waals surface area contributed by atoms with Crippen molar-refractivity contribution in [3.63, 3.8) is 0 Å². The molecule has 0 atom stereocenters. The van der Waals surface area contributed by atoms with Crippen LogP contribution in [-0.4, -0.2) is 43.1 Å². The third-order valence-corrected chi connectivity index (χ3v) is 2.80. The topological polar surface area (TPSA) is 71.5 Å². The SMILES string of the molecule is CCNC(=O)c1cc(N(CC(=O)OC)C(C)C)ccn1. The van der Waals surface area contributed by atoms with E-state index in [0.717, 1.165) is 5.69 Å². The van der Waals surface area contributed by atoms with Crippen LogP contribution in [0.3, 0.4) is 0 Å². The summed E-state index contributed by atoms with van der Waals surface area (Å²) in [6.45, 7) is 6.46. The van der Waals surface area contributed by atoms with Crippen LogP contribution in [0.2, 0.25) is 0 Å². The largest absolute Gasteiger partial charge is 0.468 e. The Bertz CT molecular complexity index is 474. The van der Waals surface area contributed by atoms with Crippen molar-refractivity contribution in [3.05, 3.63) is 24.0 Å². The lowest BCUT2D eigenvalue weighted by atomic mass is 10.2. The van der Waals surface area contributed by atoms with E-state index in [0.29, 0.717) is 12.2 Å². The predicted molar refractivity (Wildman–Crippen MR) is 76.7 cm³/mol. The molecule has 0 radical (unpaired) electrons. The lowest BCUT2D eigenvalue weighted by Gasteiger charge is -2.27. The van der Waals surface area contributed by atoms with Crippen molar-refractivity contribution in [3.8, 4) is 0 Å². The van der Waals surface area contributed by atoms with E-state index in [2.05, 4.69) is 10.3 Å². The summed E-state index contributed by atoms with van der Waals surface area (Å²) in [7, 11) is 1.35. The highest BCUT2D eigenvalue weighted by Gasteiger charge is 2.17. The van der Waals surface area contributed by atoms with Gasteiger partial charge in [0.15, 0.2) is 0 Å². The lowest BCUT2D eigenvalue weighted by Crippen LogP contribution is -2.36. The number of methoxy groups -OCH3 is 1. The zero-order chi connectivity index (χ0) is 15.1. The minimum absolute atomic E-state index is 0.0959. The Kier molecular flexibility index (Phi) is 5.96. The first-order chi connectivity index (χ1) is 9.49. The van der Waals surface area contributed by atoms with E-state index >= 15 is 0 Å². The van der Waals surface area contributed by atoms with Gasteiger partial charge in [0.05, 0.1) is 7.11 Å². The van der Waals surface area contributed by atoms with Gasteiger partial charge in [0.2, 0.25) is 0 Å². The Morgan fingerprint density at radius 1 is 1.45 bits per heavy atom. The fourth-order valence-electron chi connectivity index (χ4n) is 1.75. The standard InChI is InChI=1S/C14H21N3O3/c1-5-15-14(19)12-8-11(6-7-16-12)17(10(2)3)9-13(18)20-4/h6-8,10H,5,9H2,1-4H3,(H,15,19). The van der Waals surface area contributed by atoms with Crippen LogP contribution in [0.5, 0.6) is 0 Å². The smallest absolute Gasteiger partial charge is 0.325 e. The summed E-state index contributed by atoms with van der Waals surface area (Å²) in [5.41, 5.74) is 1.10. The molecule has 0 aliphatic heterocycles. The molecule has 6 nitrogen and oxygen atoms in total. The number of carbonyl (C=O) groups excluding carboxylic acids is 2. The molecule has 6 heteroatoms. The maximum atomic E-state index is 11.8. The number of nitrogens with one attached hydrogen (secondary N) is 1. The van der Waals surface area contributed by atoms with Gasteiger partial charge in [-0.1, -0.05) is 0 Å². The Morgan fingerprint density at radius 3 is 2.70 bits per heavy atom. The molecule has 20 heavy (non-hydrogen) atoms. The molecule has 1 rings (SSSR count). The molecule has 1 aromatic heterocycles. The molecule has 0 aliphatic rings. The van der Waals surface area contributed by atoms with Gasteiger partial charge in [-0.05, 0) is 32.9 Å². The molecule has 0 fully saturated rings. The van der Waals surface area contributed by atoms with E-state index in [9.17, 15) is 9.59 Å². The number of rotatable bonds is 6. The summed E-state index contributed by atoms with van der Waals surface area (Å²) in [5, 5.41) is 2.70. The zero-order valence-corrected chi connectivity index (χ0v) is 12.3. The van der Waals surface area contributed by atoms with Crippen LogP contribution >= 0.6 is 0 Å². The average molecular weight is 279 g/mol.